The molecule has 2 N–H and O–H groups in total. The van der Waals surface area contributed by atoms with E-state index in [0.29, 0.717) is 5.56 Å². The summed E-state index contributed by atoms with van der Waals surface area (Å²) in [6.45, 7) is 2.55. The number of halogens is 5. The molecule has 2 aromatic rings. The van der Waals surface area contributed by atoms with Crippen LogP contribution in [0.2, 0.25) is 5.02 Å². The summed E-state index contributed by atoms with van der Waals surface area (Å²) in [5.74, 6) is -3.01. The summed E-state index contributed by atoms with van der Waals surface area (Å²) >= 11 is 6.03. The van der Waals surface area contributed by atoms with Crippen molar-refractivity contribution >= 4 is 29.2 Å². The van der Waals surface area contributed by atoms with E-state index in [1.807, 2.05) is 0 Å². The fraction of sp³-hybridized carbons (Fsp3) is 0.333. The summed E-state index contributed by atoms with van der Waals surface area (Å²) in [6, 6.07) is 7.04. The highest BCUT2D eigenvalue weighted by molar-refractivity contribution is 6.31. The molecule has 0 aromatic heterocycles. The number of cyclic esters (lactones) is 1. The van der Waals surface area contributed by atoms with Crippen molar-refractivity contribution in [2.24, 2.45) is 0 Å². The van der Waals surface area contributed by atoms with Crippen LogP contribution in [0, 0.1) is 5.82 Å². The number of fused-ring (bicyclic) bond motifs is 1. The Bertz CT molecular complexity index is 1050. The number of alkyl halides is 3. The molecule has 2 aromatic carbocycles. The van der Waals surface area contributed by atoms with Gasteiger partial charge in [-0.25, -0.2) is 9.18 Å². The molecule has 0 spiro atoms. The predicted molar refractivity (Wildman–Crippen MR) is 104 cm³/mol. The van der Waals surface area contributed by atoms with Crippen LogP contribution >= 0.6 is 11.6 Å². The Morgan fingerprint density at radius 1 is 1.19 bits per heavy atom. The molecule has 1 amide bonds. The van der Waals surface area contributed by atoms with Crippen molar-refractivity contribution in [2.45, 2.75) is 44.1 Å². The van der Waals surface area contributed by atoms with Crippen LogP contribution in [0.5, 0.6) is 0 Å². The van der Waals surface area contributed by atoms with Gasteiger partial charge in [-0.1, -0.05) is 25.4 Å². The molecule has 31 heavy (non-hydrogen) atoms. The molecule has 166 valence electrons. The number of esters is 1. The second kappa shape index (κ2) is 7.80. The zero-order valence-corrected chi connectivity index (χ0v) is 17.2. The van der Waals surface area contributed by atoms with Crippen LogP contribution in [0.15, 0.2) is 36.4 Å². The van der Waals surface area contributed by atoms with Gasteiger partial charge in [-0.3, -0.25) is 4.79 Å². The number of amides is 1. The van der Waals surface area contributed by atoms with Crippen LogP contribution in [-0.4, -0.2) is 28.8 Å². The average molecular weight is 460 g/mol. The average Bonchev–Trinajstić information content (AvgIpc) is 3.02. The molecular weight excluding hydrogens is 442 g/mol. The minimum absolute atomic E-state index is 0.000350. The van der Waals surface area contributed by atoms with Gasteiger partial charge in [0.1, 0.15) is 12.4 Å². The SMILES string of the molecule is CC(C)(CC(O)(C(=O)Nc1ccc2c(c1)COC2=O)C(F)(F)F)c1cc(F)ccc1Cl. The maximum Gasteiger partial charge on any atom is 0.426 e. The molecule has 1 aliphatic rings. The first-order valence-electron chi connectivity index (χ1n) is 9.11. The maximum atomic E-state index is 13.9. The molecule has 0 saturated heterocycles. The first-order chi connectivity index (χ1) is 14.2. The van der Waals surface area contributed by atoms with Gasteiger partial charge in [0.2, 0.25) is 5.60 Å². The molecule has 1 atom stereocenters. The lowest BCUT2D eigenvalue weighted by Crippen LogP contribution is -2.57. The lowest BCUT2D eigenvalue weighted by Gasteiger charge is -2.37. The number of nitrogens with one attached hydrogen (secondary N) is 1. The van der Waals surface area contributed by atoms with E-state index in [-0.39, 0.29) is 28.4 Å². The number of benzene rings is 2. The molecule has 1 aliphatic heterocycles. The maximum absolute atomic E-state index is 13.9. The Morgan fingerprint density at radius 2 is 1.87 bits per heavy atom. The minimum atomic E-state index is -5.34. The van der Waals surface area contributed by atoms with Gasteiger partial charge in [0, 0.05) is 22.7 Å². The quantitative estimate of drug-likeness (QED) is 0.500. The number of carbonyl (C=O) groups excluding carboxylic acids is 2. The molecule has 10 heteroatoms. The topological polar surface area (TPSA) is 75.6 Å². The van der Waals surface area contributed by atoms with E-state index in [2.05, 4.69) is 5.32 Å². The lowest BCUT2D eigenvalue weighted by molar-refractivity contribution is -0.254. The Kier molecular flexibility index (Phi) is 5.79. The molecule has 0 radical (unpaired) electrons. The van der Waals surface area contributed by atoms with Gasteiger partial charge in [0.25, 0.3) is 5.91 Å². The molecule has 0 bridgehead atoms. The van der Waals surface area contributed by atoms with Crippen LogP contribution in [0.1, 0.15) is 41.8 Å². The second-order valence-corrected chi connectivity index (χ2v) is 8.35. The molecule has 5 nitrogen and oxygen atoms in total. The van der Waals surface area contributed by atoms with Crippen LogP contribution in [0.3, 0.4) is 0 Å². The molecule has 0 saturated carbocycles. The summed E-state index contributed by atoms with van der Waals surface area (Å²) in [6.07, 6.45) is -6.46. The van der Waals surface area contributed by atoms with E-state index < -0.39 is 41.3 Å². The zero-order chi connectivity index (χ0) is 23.2. The van der Waals surface area contributed by atoms with Gasteiger partial charge in [-0.2, -0.15) is 13.2 Å². The van der Waals surface area contributed by atoms with E-state index in [9.17, 15) is 32.3 Å². The van der Waals surface area contributed by atoms with Crippen molar-refractivity contribution in [3.8, 4) is 0 Å². The second-order valence-electron chi connectivity index (χ2n) is 7.95. The Morgan fingerprint density at radius 3 is 2.52 bits per heavy atom. The van der Waals surface area contributed by atoms with Gasteiger partial charge in [0.05, 0.1) is 5.56 Å². The Balaban J connectivity index is 1.92. The van der Waals surface area contributed by atoms with E-state index in [0.717, 1.165) is 12.1 Å². The van der Waals surface area contributed by atoms with Gasteiger partial charge in [-0.15, -0.1) is 0 Å². The number of ether oxygens (including phenoxy) is 1. The summed E-state index contributed by atoms with van der Waals surface area (Å²) in [4.78, 5) is 24.1. The highest BCUT2D eigenvalue weighted by atomic mass is 35.5. The van der Waals surface area contributed by atoms with Crippen molar-refractivity contribution in [2.75, 3.05) is 5.32 Å². The van der Waals surface area contributed by atoms with Crippen molar-refractivity contribution < 1.29 is 37.0 Å². The van der Waals surface area contributed by atoms with Crippen LogP contribution < -0.4 is 5.32 Å². The number of rotatable bonds is 5. The Hall–Kier alpha value is -2.65. The summed E-state index contributed by atoms with van der Waals surface area (Å²) in [5, 5.41) is 12.6. The Labute approximate surface area is 180 Å². The van der Waals surface area contributed by atoms with Crippen LogP contribution in [0.4, 0.5) is 23.2 Å². The molecule has 0 aliphatic carbocycles. The van der Waals surface area contributed by atoms with E-state index in [1.165, 1.54) is 38.1 Å². The third-order valence-corrected chi connectivity index (χ3v) is 5.47. The zero-order valence-electron chi connectivity index (χ0n) is 16.4. The van der Waals surface area contributed by atoms with Crippen molar-refractivity contribution in [3.05, 3.63) is 63.9 Å². The smallest absolute Gasteiger partial charge is 0.426 e. The monoisotopic (exact) mass is 459 g/mol. The molecule has 0 fully saturated rings. The van der Waals surface area contributed by atoms with E-state index in [1.54, 1.807) is 0 Å². The molecular formula is C21H18ClF4NO4. The summed E-state index contributed by atoms with van der Waals surface area (Å²) in [5.41, 5.74) is -4.74. The van der Waals surface area contributed by atoms with Crippen molar-refractivity contribution in [1.29, 1.82) is 0 Å². The number of hydrogen-bond acceptors (Lipinski definition) is 4. The van der Waals surface area contributed by atoms with Crippen molar-refractivity contribution in [1.82, 2.24) is 0 Å². The van der Waals surface area contributed by atoms with Gasteiger partial charge >= 0.3 is 12.1 Å². The third-order valence-electron chi connectivity index (χ3n) is 5.14. The largest absolute Gasteiger partial charge is 0.457 e. The molecule has 1 heterocycles. The summed E-state index contributed by atoms with van der Waals surface area (Å²) in [7, 11) is 0. The predicted octanol–water partition coefficient (Wildman–Crippen LogP) is 4.75. The number of carbonyl (C=O) groups is 2. The fourth-order valence-corrected chi connectivity index (χ4v) is 3.88. The highest BCUT2D eigenvalue weighted by Crippen LogP contribution is 2.43. The normalized spacial score (nSPS) is 15.8. The van der Waals surface area contributed by atoms with Gasteiger partial charge in [0.15, 0.2) is 0 Å². The van der Waals surface area contributed by atoms with Crippen LogP contribution in [0.25, 0.3) is 0 Å². The molecule has 3 rings (SSSR count). The lowest BCUT2D eigenvalue weighted by atomic mass is 9.74. The van der Waals surface area contributed by atoms with Crippen LogP contribution in [-0.2, 0) is 21.6 Å². The first-order valence-corrected chi connectivity index (χ1v) is 9.48. The fourth-order valence-electron chi connectivity index (χ4n) is 3.51. The summed E-state index contributed by atoms with van der Waals surface area (Å²) < 4.78 is 60.1. The molecule has 1 unspecified atom stereocenters. The van der Waals surface area contributed by atoms with Gasteiger partial charge in [-0.05, 0) is 47.4 Å². The number of anilines is 1. The third kappa shape index (κ3) is 4.38. The van der Waals surface area contributed by atoms with E-state index >= 15 is 0 Å². The van der Waals surface area contributed by atoms with Gasteiger partial charge < -0.3 is 15.2 Å². The standard InChI is InChI=1S/C21H18ClF4NO4/c1-19(2,15-8-12(23)3-6-16(15)22)10-20(30,21(24,25)26)18(29)27-13-4-5-14-11(7-13)9-31-17(14)28/h3-8,30H,9-10H2,1-2H3,(H,27,29). The minimum Gasteiger partial charge on any atom is -0.457 e. The van der Waals surface area contributed by atoms with E-state index in [4.69, 9.17) is 16.3 Å². The van der Waals surface area contributed by atoms with Crippen molar-refractivity contribution in [3.63, 3.8) is 0 Å². The number of aliphatic hydroxyl groups is 1. The first kappa shape index (κ1) is 23.0. The number of hydrogen-bond donors (Lipinski definition) is 2. The highest BCUT2D eigenvalue weighted by Gasteiger charge is 2.61.